The molecule has 1 aromatic rings. The number of aryl methyl sites for hydroxylation is 1. The predicted octanol–water partition coefficient (Wildman–Crippen LogP) is 3.74. The molecule has 0 unspecified atom stereocenters. The lowest BCUT2D eigenvalue weighted by Crippen LogP contribution is -2.50. The molecule has 6 heteroatoms. The number of aliphatic imine (C=N–C) groups is 1. The fourth-order valence-electron chi connectivity index (χ4n) is 3.82. The van der Waals surface area contributed by atoms with E-state index in [0.29, 0.717) is 18.5 Å². The van der Waals surface area contributed by atoms with Gasteiger partial charge >= 0.3 is 0 Å². The SMILES string of the molecule is CCNC(=NCCCc1cccc(F)c1)NC1CCN(C(=O)C(CC)CC)CC1. The van der Waals surface area contributed by atoms with Crippen LogP contribution in [0.1, 0.15) is 58.4 Å². The average molecular weight is 405 g/mol. The number of halogens is 1. The molecule has 5 nitrogen and oxygen atoms in total. The van der Waals surface area contributed by atoms with E-state index in [-0.39, 0.29) is 11.7 Å². The molecule has 1 fully saturated rings. The van der Waals surface area contributed by atoms with Crippen molar-refractivity contribution < 1.29 is 9.18 Å². The summed E-state index contributed by atoms with van der Waals surface area (Å²) in [7, 11) is 0. The minimum Gasteiger partial charge on any atom is -0.357 e. The van der Waals surface area contributed by atoms with Gasteiger partial charge in [-0.2, -0.15) is 0 Å². The number of nitrogens with one attached hydrogen (secondary N) is 2. The quantitative estimate of drug-likeness (QED) is 0.374. The van der Waals surface area contributed by atoms with E-state index >= 15 is 0 Å². The van der Waals surface area contributed by atoms with E-state index in [1.807, 2.05) is 11.0 Å². The highest BCUT2D eigenvalue weighted by Gasteiger charge is 2.26. The molecule has 1 saturated heterocycles. The lowest BCUT2D eigenvalue weighted by Gasteiger charge is -2.34. The predicted molar refractivity (Wildman–Crippen MR) is 118 cm³/mol. The van der Waals surface area contributed by atoms with E-state index in [2.05, 4.69) is 36.4 Å². The number of hydrogen-bond donors (Lipinski definition) is 2. The third kappa shape index (κ3) is 7.67. The Morgan fingerprint density at radius 2 is 1.97 bits per heavy atom. The normalized spacial score (nSPS) is 15.6. The van der Waals surface area contributed by atoms with Crippen molar-refractivity contribution >= 4 is 11.9 Å². The number of carbonyl (C=O) groups is 1. The summed E-state index contributed by atoms with van der Waals surface area (Å²) in [5.74, 6) is 1.12. The molecule has 0 atom stereocenters. The van der Waals surface area contributed by atoms with Crippen molar-refractivity contribution in [3.05, 3.63) is 35.6 Å². The summed E-state index contributed by atoms with van der Waals surface area (Å²) in [6.07, 6.45) is 5.42. The van der Waals surface area contributed by atoms with Crippen LogP contribution in [-0.2, 0) is 11.2 Å². The maximum Gasteiger partial charge on any atom is 0.225 e. The summed E-state index contributed by atoms with van der Waals surface area (Å²) in [5.41, 5.74) is 1.01. The van der Waals surface area contributed by atoms with Crippen LogP contribution in [0.5, 0.6) is 0 Å². The first-order valence-electron chi connectivity index (χ1n) is 11.1. The van der Waals surface area contributed by atoms with Gasteiger partial charge in [-0.3, -0.25) is 9.79 Å². The standard InChI is InChI=1S/C23H37FN4O/c1-4-19(5-2)22(29)28-15-12-21(13-16-28)27-23(25-6-3)26-14-8-10-18-9-7-11-20(24)17-18/h7,9,11,17,19,21H,4-6,8,10,12-16H2,1-3H3,(H2,25,26,27). The number of carbonyl (C=O) groups excluding carboxylic acids is 1. The first-order valence-corrected chi connectivity index (χ1v) is 11.1. The third-order valence-electron chi connectivity index (χ3n) is 5.61. The molecule has 1 amide bonds. The van der Waals surface area contributed by atoms with Gasteiger partial charge in [-0.25, -0.2) is 4.39 Å². The number of piperidine rings is 1. The van der Waals surface area contributed by atoms with Crippen molar-refractivity contribution in [2.75, 3.05) is 26.2 Å². The van der Waals surface area contributed by atoms with E-state index in [9.17, 15) is 9.18 Å². The number of amides is 1. The second-order valence-electron chi connectivity index (χ2n) is 7.75. The summed E-state index contributed by atoms with van der Waals surface area (Å²) in [6, 6.07) is 7.09. The molecule has 0 aliphatic carbocycles. The average Bonchev–Trinajstić information content (AvgIpc) is 2.72. The molecule has 1 aliphatic heterocycles. The molecule has 162 valence electrons. The van der Waals surface area contributed by atoms with Crippen molar-refractivity contribution in [1.82, 2.24) is 15.5 Å². The van der Waals surface area contributed by atoms with Crippen LogP contribution >= 0.6 is 0 Å². The highest BCUT2D eigenvalue weighted by molar-refractivity contribution is 5.80. The zero-order valence-electron chi connectivity index (χ0n) is 18.2. The summed E-state index contributed by atoms with van der Waals surface area (Å²) >= 11 is 0. The van der Waals surface area contributed by atoms with Gasteiger partial charge in [0.15, 0.2) is 5.96 Å². The fourth-order valence-corrected chi connectivity index (χ4v) is 3.82. The van der Waals surface area contributed by atoms with Crippen molar-refractivity contribution in [1.29, 1.82) is 0 Å². The van der Waals surface area contributed by atoms with E-state index in [1.54, 1.807) is 12.1 Å². The molecule has 29 heavy (non-hydrogen) atoms. The molecule has 1 aromatic carbocycles. The van der Waals surface area contributed by atoms with Crippen LogP contribution in [0, 0.1) is 11.7 Å². The molecule has 1 aliphatic rings. The summed E-state index contributed by atoms with van der Waals surface area (Å²) in [6.45, 7) is 9.36. The third-order valence-corrected chi connectivity index (χ3v) is 5.61. The van der Waals surface area contributed by atoms with E-state index in [4.69, 9.17) is 0 Å². The Bertz CT molecular complexity index is 652. The fraction of sp³-hybridized carbons (Fsp3) is 0.652. The van der Waals surface area contributed by atoms with Crippen LogP contribution in [0.25, 0.3) is 0 Å². The van der Waals surface area contributed by atoms with Gasteiger partial charge in [-0.05, 0) is 63.1 Å². The molecule has 0 saturated carbocycles. The number of likely N-dealkylation sites (tertiary alicyclic amines) is 1. The number of nitrogens with zero attached hydrogens (tertiary/aromatic N) is 2. The van der Waals surface area contributed by atoms with Crippen LogP contribution in [-0.4, -0.2) is 49.0 Å². The second-order valence-corrected chi connectivity index (χ2v) is 7.75. The smallest absolute Gasteiger partial charge is 0.225 e. The van der Waals surface area contributed by atoms with Gasteiger partial charge in [-0.15, -0.1) is 0 Å². The van der Waals surface area contributed by atoms with Crippen LogP contribution in [0.2, 0.25) is 0 Å². The first kappa shape index (κ1) is 23.2. The van der Waals surface area contributed by atoms with E-state index < -0.39 is 0 Å². The minimum atomic E-state index is -0.185. The van der Waals surface area contributed by atoms with E-state index in [1.165, 1.54) is 6.07 Å². The molecular formula is C23H37FN4O. The van der Waals surface area contributed by atoms with Crippen molar-refractivity contribution in [3.63, 3.8) is 0 Å². The Morgan fingerprint density at radius 1 is 1.24 bits per heavy atom. The van der Waals surface area contributed by atoms with Crippen molar-refractivity contribution in [2.45, 2.75) is 65.3 Å². The maximum absolute atomic E-state index is 13.3. The minimum absolute atomic E-state index is 0.163. The van der Waals surface area contributed by atoms with Crippen LogP contribution < -0.4 is 10.6 Å². The van der Waals surface area contributed by atoms with Crippen LogP contribution in [0.15, 0.2) is 29.3 Å². The number of rotatable bonds is 9. The van der Waals surface area contributed by atoms with Gasteiger partial charge in [0.05, 0.1) is 0 Å². The van der Waals surface area contributed by atoms with Gasteiger partial charge in [0, 0.05) is 38.1 Å². The molecular weight excluding hydrogens is 367 g/mol. The summed E-state index contributed by atoms with van der Waals surface area (Å²) < 4.78 is 13.3. The molecule has 0 bridgehead atoms. The Labute approximate surface area is 175 Å². The summed E-state index contributed by atoms with van der Waals surface area (Å²) in [5, 5.41) is 6.83. The first-order chi connectivity index (χ1) is 14.1. The van der Waals surface area contributed by atoms with Crippen LogP contribution in [0.4, 0.5) is 4.39 Å². The van der Waals surface area contributed by atoms with Gasteiger partial charge < -0.3 is 15.5 Å². The lowest BCUT2D eigenvalue weighted by molar-refractivity contribution is -0.136. The molecule has 1 heterocycles. The zero-order chi connectivity index (χ0) is 21.1. The number of guanidine groups is 1. The van der Waals surface area contributed by atoms with Gasteiger partial charge in [0.2, 0.25) is 5.91 Å². The van der Waals surface area contributed by atoms with E-state index in [0.717, 1.165) is 69.7 Å². The molecule has 2 N–H and O–H groups in total. The molecule has 0 radical (unpaired) electrons. The van der Waals surface area contributed by atoms with Gasteiger partial charge in [-0.1, -0.05) is 26.0 Å². The highest BCUT2D eigenvalue weighted by Crippen LogP contribution is 2.17. The second kappa shape index (κ2) is 12.5. The van der Waals surface area contributed by atoms with Crippen molar-refractivity contribution in [2.24, 2.45) is 10.9 Å². The topological polar surface area (TPSA) is 56.7 Å². The van der Waals surface area contributed by atoms with Crippen LogP contribution in [0.3, 0.4) is 0 Å². The summed E-state index contributed by atoms with van der Waals surface area (Å²) in [4.78, 5) is 19.3. The van der Waals surface area contributed by atoms with Crippen molar-refractivity contribution in [3.8, 4) is 0 Å². The monoisotopic (exact) mass is 404 g/mol. The zero-order valence-corrected chi connectivity index (χ0v) is 18.2. The maximum atomic E-state index is 13.3. The number of benzene rings is 1. The molecule has 0 spiro atoms. The Kier molecular flexibility index (Phi) is 9.95. The highest BCUT2D eigenvalue weighted by atomic mass is 19.1. The Balaban J connectivity index is 1.78. The van der Waals surface area contributed by atoms with Gasteiger partial charge in [0.25, 0.3) is 0 Å². The Hall–Kier alpha value is -2.11. The van der Waals surface area contributed by atoms with Gasteiger partial charge in [0.1, 0.15) is 5.82 Å². The lowest BCUT2D eigenvalue weighted by atomic mass is 9.98. The largest absolute Gasteiger partial charge is 0.357 e. The molecule has 2 rings (SSSR count). The number of hydrogen-bond acceptors (Lipinski definition) is 2. The Morgan fingerprint density at radius 3 is 2.59 bits per heavy atom. The molecule has 0 aromatic heterocycles.